The van der Waals surface area contributed by atoms with E-state index in [9.17, 15) is 9.59 Å². The second-order valence-corrected chi connectivity index (χ2v) is 9.62. The Morgan fingerprint density at radius 3 is 2.53 bits per heavy atom. The van der Waals surface area contributed by atoms with E-state index in [2.05, 4.69) is 15.3 Å². The van der Waals surface area contributed by atoms with E-state index in [0.29, 0.717) is 29.1 Å². The number of nitrogens with two attached hydrogens (primary N) is 1. The first-order valence-corrected chi connectivity index (χ1v) is 12.7. The van der Waals surface area contributed by atoms with Gasteiger partial charge in [-0.05, 0) is 18.4 Å². The molecule has 0 spiro atoms. The van der Waals surface area contributed by atoms with Crippen LogP contribution in [0.25, 0.3) is 11.3 Å². The number of benzene rings is 2. The molecule has 0 fully saturated rings. The van der Waals surface area contributed by atoms with E-state index in [4.69, 9.17) is 5.73 Å². The highest BCUT2D eigenvalue weighted by Crippen LogP contribution is 2.28. The van der Waals surface area contributed by atoms with Crippen LogP contribution in [0.1, 0.15) is 18.9 Å². The van der Waals surface area contributed by atoms with Gasteiger partial charge in [-0.15, -0.1) is 11.3 Å². The predicted octanol–water partition coefficient (Wildman–Crippen LogP) is 4.70. The average Bonchev–Trinajstić information content (AvgIpc) is 3.31. The van der Waals surface area contributed by atoms with Crippen molar-refractivity contribution in [1.29, 1.82) is 0 Å². The van der Waals surface area contributed by atoms with Crippen molar-refractivity contribution < 1.29 is 4.79 Å². The lowest BCUT2D eigenvalue weighted by Gasteiger charge is -2.18. The summed E-state index contributed by atoms with van der Waals surface area (Å²) in [7, 11) is 0. The van der Waals surface area contributed by atoms with Crippen LogP contribution in [0.2, 0.25) is 0 Å². The SMILES string of the molecule is CC[C@@H](Sc1nc(=O)cc(N)n1CCc1ccccc1)C(=O)Nc1nc(-c2ccccc2)cs1. The fourth-order valence-corrected chi connectivity index (χ4v) is 5.19. The number of rotatable bonds is 9. The zero-order chi connectivity index (χ0) is 23.9. The molecule has 4 rings (SSSR count). The molecule has 2 heterocycles. The summed E-state index contributed by atoms with van der Waals surface area (Å²) >= 11 is 2.62. The van der Waals surface area contributed by atoms with Gasteiger partial charge in [0.05, 0.1) is 10.9 Å². The molecule has 7 nitrogen and oxygen atoms in total. The topological polar surface area (TPSA) is 103 Å². The van der Waals surface area contributed by atoms with Crippen molar-refractivity contribution >= 4 is 40.0 Å². The van der Waals surface area contributed by atoms with Gasteiger partial charge in [0.15, 0.2) is 10.3 Å². The quantitative estimate of drug-likeness (QED) is 0.260. The number of carbonyl (C=O) groups is 1. The van der Waals surface area contributed by atoms with E-state index in [1.54, 1.807) is 4.57 Å². The lowest BCUT2D eigenvalue weighted by atomic mass is 10.1. The molecule has 0 aliphatic heterocycles. The summed E-state index contributed by atoms with van der Waals surface area (Å²) in [6, 6.07) is 21.1. The highest BCUT2D eigenvalue weighted by Gasteiger charge is 2.22. The summed E-state index contributed by atoms with van der Waals surface area (Å²) in [5.74, 6) is 0.147. The van der Waals surface area contributed by atoms with Gasteiger partial charge < -0.3 is 15.6 Å². The zero-order valence-electron chi connectivity index (χ0n) is 18.7. The maximum atomic E-state index is 13.0. The molecule has 174 valence electrons. The number of nitrogens with one attached hydrogen (secondary N) is 1. The van der Waals surface area contributed by atoms with Crippen LogP contribution < -0.4 is 16.6 Å². The summed E-state index contributed by atoms with van der Waals surface area (Å²) in [4.78, 5) is 33.8. The lowest BCUT2D eigenvalue weighted by molar-refractivity contribution is -0.115. The molecule has 4 aromatic rings. The van der Waals surface area contributed by atoms with Gasteiger partial charge in [-0.25, -0.2) is 4.98 Å². The summed E-state index contributed by atoms with van der Waals surface area (Å²) in [5.41, 5.74) is 8.70. The van der Waals surface area contributed by atoms with Crippen LogP contribution in [0.3, 0.4) is 0 Å². The molecule has 34 heavy (non-hydrogen) atoms. The summed E-state index contributed by atoms with van der Waals surface area (Å²) in [6.07, 6.45) is 1.28. The minimum absolute atomic E-state index is 0.187. The van der Waals surface area contributed by atoms with Crippen LogP contribution in [0.15, 0.2) is 82.1 Å². The third-order valence-electron chi connectivity index (χ3n) is 5.20. The Hall–Kier alpha value is -3.43. The fraction of sp³-hybridized carbons (Fsp3) is 0.200. The Morgan fingerprint density at radius 2 is 1.82 bits per heavy atom. The number of amides is 1. The molecule has 2 aromatic carbocycles. The molecule has 2 aromatic heterocycles. The van der Waals surface area contributed by atoms with E-state index in [0.717, 1.165) is 23.2 Å². The van der Waals surface area contributed by atoms with E-state index >= 15 is 0 Å². The van der Waals surface area contributed by atoms with Gasteiger partial charge in [0, 0.05) is 23.6 Å². The maximum Gasteiger partial charge on any atom is 0.275 e. The average molecular weight is 492 g/mol. The summed E-state index contributed by atoms with van der Waals surface area (Å²) < 4.78 is 1.80. The molecule has 0 bridgehead atoms. The number of hydrogen-bond donors (Lipinski definition) is 2. The Labute approximate surface area is 206 Å². The number of aromatic nitrogens is 3. The van der Waals surface area contributed by atoms with Gasteiger partial charge in [0.1, 0.15) is 5.82 Å². The van der Waals surface area contributed by atoms with Crippen LogP contribution in [-0.4, -0.2) is 25.7 Å². The van der Waals surface area contributed by atoms with E-state index in [1.807, 2.05) is 73.0 Å². The Balaban J connectivity index is 1.48. The number of carbonyl (C=O) groups excluding carboxylic acids is 1. The first-order valence-electron chi connectivity index (χ1n) is 10.9. The van der Waals surface area contributed by atoms with Crippen LogP contribution >= 0.6 is 23.1 Å². The third-order valence-corrected chi connectivity index (χ3v) is 7.31. The van der Waals surface area contributed by atoms with Gasteiger partial charge in [0.2, 0.25) is 5.91 Å². The highest BCUT2D eigenvalue weighted by molar-refractivity contribution is 8.00. The molecular weight excluding hydrogens is 466 g/mol. The molecule has 1 amide bonds. The van der Waals surface area contributed by atoms with Crippen LogP contribution in [-0.2, 0) is 17.8 Å². The molecular formula is C25H25N5O2S2. The smallest absolute Gasteiger partial charge is 0.275 e. The minimum Gasteiger partial charge on any atom is -0.385 e. The fourth-order valence-electron chi connectivity index (χ4n) is 3.41. The van der Waals surface area contributed by atoms with E-state index in [1.165, 1.54) is 29.2 Å². The predicted molar refractivity (Wildman–Crippen MR) is 139 cm³/mol. The Kier molecular flexibility index (Phi) is 7.76. The van der Waals surface area contributed by atoms with Gasteiger partial charge in [-0.1, -0.05) is 79.3 Å². The molecule has 3 N–H and O–H groups in total. The van der Waals surface area contributed by atoms with Crippen molar-refractivity contribution in [2.24, 2.45) is 0 Å². The monoisotopic (exact) mass is 491 g/mol. The van der Waals surface area contributed by atoms with Gasteiger partial charge in [-0.3, -0.25) is 9.59 Å². The van der Waals surface area contributed by atoms with Crippen molar-refractivity contribution in [2.75, 3.05) is 11.1 Å². The number of hydrogen-bond acceptors (Lipinski definition) is 7. The summed E-state index contributed by atoms with van der Waals surface area (Å²) in [5, 5.41) is 5.34. The van der Waals surface area contributed by atoms with Crippen molar-refractivity contribution in [3.05, 3.63) is 88.0 Å². The molecule has 0 aliphatic rings. The zero-order valence-corrected chi connectivity index (χ0v) is 20.3. The first-order chi connectivity index (χ1) is 16.5. The number of nitrogens with zero attached hydrogens (tertiary/aromatic N) is 3. The number of thiazole rings is 1. The van der Waals surface area contributed by atoms with Crippen molar-refractivity contribution in [1.82, 2.24) is 14.5 Å². The van der Waals surface area contributed by atoms with Crippen LogP contribution in [0.4, 0.5) is 10.9 Å². The number of aryl methyl sites for hydroxylation is 1. The molecule has 0 radical (unpaired) electrons. The summed E-state index contributed by atoms with van der Waals surface area (Å²) in [6.45, 7) is 2.48. The molecule has 1 atom stereocenters. The maximum absolute atomic E-state index is 13.0. The second kappa shape index (κ2) is 11.1. The molecule has 0 aliphatic carbocycles. The van der Waals surface area contributed by atoms with E-state index in [-0.39, 0.29) is 5.91 Å². The lowest BCUT2D eigenvalue weighted by Crippen LogP contribution is -2.27. The first kappa shape index (κ1) is 23.7. The van der Waals surface area contributed by atoms with Crippen molar-refractivity contribution in [3.8, 4) is 11.3 Å². The Bertz CT molecular complexity index is 1310. The van der Waals surface area contributed by atoms with Crippen molar-refractivity contribution in [2.45, 2.75) is 36.7 Å². The van der Waals surface area contributed by atoms with Gasteiger partial charge in [0.25, 0.3) is 5.56 Å². The van der Waals surface area contributed by atoms with Crippen molar-refractivity contribution in [3.63, 3.8) is 0 Å². The third kappa shape index (κ3) is 5.92. The van der Waals surface area contributed by atoms with Gasteiger partial charge in [-0.2, -0.15) is 4.98 Å². The second-order valence-electron chi connectivity index (χ2n) is 7.60. The highest BCUT2D eigenvalue weighted by atomic mass is 32.2. The molecule has 0 unspecified atom stereocenters. The van der Waals surface area contributed by atoms with E-state index < -0.39 is 10.8 Å². The molecule has 9 heteroatoms. The Morgan fingerprint density at radius 1 is 1.12 bits per heavy atom. The van der Waals surface area contributed by atoms with Gasteiger partial charge >= 0.3 is 0 Å². The minimum atomic E-state index is -0.458. The molecule has 0 saturated carbocycles. The largest absolute Gasteiger partial charge is 0.385 e. The number of anilines is 2. The molecule has 0 saturated heterocycles. The number of thioether (sulfide) groups is 1. The normalized spacial score (nSPS) is 11.8. The number of nitrogen functional groups attached to an aromatic ring is 1. The standard InChI is InChI=1S/C25H25N5O2S2/c1-2-20(23(32)29-24-27-19(16-33-24)18-11-7-4-8-12-18)34-25-28-22(31)15-21(26)30(25)14-13-17-9-5-3-6-10-17/h3-12,15-16,20H,2,13-14,26H2,1H3,(H,27,29,32)/t20-/m1/s1. The van der Waals surface area contributed by atoms with Crippen LogP contribution in [0, 0.1) is 0 Å². The van der Waals surface area contributed by atoms with Crippen LogP contribution in [0.5, 0.6) is 0 Å².